The molecule has 1 aliphatic rings. The highest BCUT2D eigenvalue weighted by molar-refractivity contribution is 5.99. The minimum Gasteiger partial charge on any atom is -0.312 e. The minimum absolute atomic E-state index is 0.172. The first-order valence-corrected chi connectivity index (χ1v) is 9.46. The molecule has 30 heavy (non-hydrogen) atoms. The van der Waals surface area contributed by atoms with E-state index in [9.17, 15) is 22.4 Å². The number of amides is 1. The van der Waals surface area contributed by atoms with Crippen LogP contribution in [-0.2, 0) is 11.0 Å². The van der Waals surface area contributed by atoms with Crippen LogP contribution in [0, 0.1) is 12.0 Å². The van der Waals surface area contributed by atoms with Crippen LogP contribution < -0.4 is 4.90 Å². The van der Waals surface area contributed by atoms with Crippen LogP contribution in [0.3, 0.4) is 0 Å². The highest BCUT2D eigenvalue weighted by Gasteiger charge is 2.33. The number of hydrogen-bond donors (Lipinski definition) is 0. The molecule has 3 nitrogen and oxygen atoms in total. The van der Waals surface area contributed by atoms with Gasteiger partial charge in [-0.15, -0.1) is 0 Å². The lowest BCUT2D eigenvalue weighted by molar-refractivity contribution is -0.137. The average molecular weight is 413 g/mol. The maximum atomic E-state index is 13.9. The topological polar surface area (TPSA) is 33.2 Å². The zero-order valence-corrected chi connectivity index (χ0v) is 15.8. The van der Waals surface area contributed by atoms with Crippen LogP contribution in [0.1, 0.15) is 29.9 Å². The molecule has 1 radical (unpaired) electrons. The molecular weight excluding hydrogens is 396 g/mol. The van der Waals surface area contributed by atoms with Crippen LogP contribution in [0.15, 0.2) is 60.8 Å². The molecule has 0 bridgehead atoms. The number of aromatic nitrogens is 1. The van der Waals surface area contributed by atoms with Crippen molar-refractivity contribution in [3.8, 4) is 11.1 Å². The van der Waals surface area contributed by atoms with E-state index in [1.54, 1.807) is 41.3 Å². The summed E-state index contributed by atoms with van der Waals surface area (Å²) in [5, 5.41) is 0. The van der Waals surface area contributed by atoms with Gasteiger partial charge in [-0.3, -0.25) is 4.79 Å². The molecule has 4 rings (SSSR count). The zero-order chi connectivity index (χ0) is 21.3. The van der Waals surface area contributed by atoms with Gasteiger partial charge < -0.3 is 4.90 Å². The highest BCUT2D eigenvalue weighted by Crippen LogP contribution is 2.34. The Bertz CT molecular complexity index is 1050. The summed E-state index contributed by atoms with van der Waals surface area (Å²) in [6.07, 6.45) is -1.81. The Kier molecular flexibility index (Phi) is 5.28. The summed E-state index contributed by atoms with van der Waals surface area (Å²) in [7, 11) is 0. The molecule has 3 aromatic rings. The lowest BCUT2D eigenvalue weighted by Crippen LogP contribution is -2.40. The summed E-state index contributed by atoms with van der Waals surface area (Å²) in [4.78, 5) is 18.3. The Hall–Kier alpha value is -3.22. The summed E-state index contributed by atoms with van der Waals surface area (Å²) in [6.45, 7) is 0.514. The molecule has 1 unspecified atom stereocenters. The fourth-order valence-electron chi connectivity index (χ4n) is 3.69. The van der Waals surface area contributed by atoms with E-state index >= 15 is 0 Å². The average Bonchev–Trinajstić information content (AvgIpc) is 2.74. The summed E-state index contributed by atoms with van der Waals surface area (Å²) in [5.41, 5.74) is 1.33. The van der Waals surface area contributed by atoms with Gasteiger partial charge in [0.15, 0.2) is 0 Å². The summed E-state index contributed by atoms with van der Waals surface area (Å²) in [6, 6.07) is 16.0. The van der Waals surface area contributed by atoms with E-state index in [1.165, 1.54) is 18.3 Å². The predicted octanol–water partition coefficient (Wildman–Crippen LogP) is 5.62. The number of nitrogens with zero attached hydrogens (tertiary/aromatic N) is 2. The summed E-state index contributed by atoms with van der Waals surface area (Å²) in [5.74, 6) is -1.26. The second-order valence-corrected chi connectivity index (χ2v) is 7.11. The van der Waals surface area contributed by atoms with Crippen molar-refractivity contribution in [1.82, 2.24) is 4.98 Å². The lowest BCUT2D eigenvalue weighted by atomic mass is 9.89. The van der Waals surface area contributed by atoms with E-state index in [4.69, 9.17) is 0 Å². The number of alkyl halides is 3. The summed E-state index contributed by atoms with van der Waals surface area (Å²) < 4.78 is 52.2. The van der Waals surface area contributed by atoms with Crippen molar-refractivity contribution in [2.24, 2.45) is 0 Å². The molecule has 1 amide bonds. The van der Waals surface area contributed by atoms with Gasteiger partial charge in [0.05, 0.1) is 11.5 Å². The van der Waals surface area contributed by atoms with Gasteiger partial charge in [-0.2, -0.15) is 17.6 Å². The fraction of sp³-hybridized carbons (Fsp3) is 0.217. The lowest BCUT2D eigenvalue weighted by Gasteiger charge is -2.32. The van der Waals surface area contributed by atoms with Crippen LogP contribution in [0.2, 0.25) is 0 Å². The first kappa shape index (κ1) is 20.1. The molecule has 2 heterocycles. The molecular formula is C23H17F4N2O. The van der Waals surface area contributed by atoms with Gasteiger partial charge in [-0.25, -0.2) is 4.98 Å². The molecule has 1 atom stereocenters. The van der Waals surface area contributed by atoms with E-state index in [-0.39, 0.29) is 5.91 Å². The number of rotatable bonds is 3. The Morgan fingerprint density at radius 3 is 2.47 bits per heavy atom. The van der Waals surface area contributed by atoms with Gasteiger partial charge in [-0.1, -0.05) is 18.2 Å². The first-order valence-electron chi connectivity index (χ1n) is 9.46. The van der Waals surface area contributed by atoms with Gasteiger partial charge >= 0.3 is 6.18 Å². The van der Waals surface area contributed by atoms with Crippen molar-refractivity contribution >= 4 is 11.6 Å². The standard InChI is InChI=1S/C23H17F4N2O/c24-21-19(3-1-13-28-21)15-7-11-18(12-8-15)29-14-2-4-20(22(29)30)16-5-9-17(10-6-16)23(25,26)27/h1,3,5-9,11-13,20H,2,4,14H2. The first-order chi connectivity index (χ1) is 14.3. The number of carbonyl (C=O) groups excluding carboxylic acids is 1. The number of halogens is 4. The van der Waals surface area contributed by atoms with Crippen molar-refractivity contribution < 1.29 is 22.4 Å². The third-order valence-electron chi connectivity index (χ3n) is 5.23. The predicted molar refractivity (Wildman–Crippen MR) is 104 cm³/mol. The van der Waals surface area contributed by atoms with Crippen LogP contribution in [-0.4, -0.2) is 17.4 Å². The van der Waals surface area contributed by atoms with E-state index < -0.39 is 23.6 Å². The SMILES string of the molecule is O=C1C(c2c[c]c(C(F)(F)F)cc2)CCCN1c1ccc(-c2cccnc2F)cc1. The van der Waals surface area contributed by atoms with Gasteiger partial charge in [0.25, 0.3) is 0 Å². The quantitative estimate of drug-likeness (QED) is 0.413. The van der Waals surface area contributed by atoms with Gasteiger partial charge in [-0.05, 0) is 66.4 Å². The molecule has 0 saturated carbocycles. The number of anilines is 1. The second-order valence-electron chi connectivity index (χ2n) is 7.11. The molecule has 1 aromatic heterocycles. The second kappa shape index (κ2) is 7.89. The smallest absolute Gasteiger partial charge is 0.312 e. The van der Waals surface area contributed by atoms with Gasteiger partial charge in [0.1, 0.15) is 0 Å². The number of piperidine rings is 1. The van der Waals surface area contributed by atoms with Crippen LogP contribution in [0.4, 0.5) is 23.2 Å². The number of benzene rings is 2. The third-order valence-corrected chi connectivity index (χ3v) is 5.23. The molecule has 153 valence electrons. The van der Waals surface area contributed by atoms with E-state index in [0.717, 1.165) is 12.5 Å². The Balaban J connectivity index is 1.55. The molecule has 1 aliphatic heterocycles. The largest absolute Gasteiger partial charge is 0.417 e. The zero-order valence-electron chi connectivity index (χ0n) is 15.8. The van der Waals surface area contributed by atoms with Crippen molar-refractivity contribution in [3.63, 3.8) is 0 Å². The van der Waals surface area contributed by atoms with Crippen molar-refractivity contribution in [2.75, 3.05) is 11.4 Å². The molecule has 1 fully saturated rings. The fourth-order valence-corrected chi connectivity index (χ4v) is 3.69. The molecule has 2 aromatic carbocycles. The van der Waals surface area contributed by atoms with E-state index in [1.807, 2.05) is 0 Å². The van der Waals surface area contributed by atoms with Crippen molar-refractivity contribution in [2.45, 2.75) is 24.9 Å². The monoisotopic (exact) mass is 413 g/mol. The summed E-state index contributed by atoms with van der Waals surface area (Å²) >= 11 is 0. The Morgan fingerprint density at radius 1 is 1.07 bits per heavy atom. The van der Waals surface area contributed by atoms with Gasteiger partial charge in [0, 0.05) is 24.0 Å². The van der Waals surface area contributed by atoms with E-state index in [0.29, 0.717) is 35.3 Å². The van der Waals surface area contributed by atoms with Crippen molar-refractivity contribution in [3.05, 3.63) is 83.9 Å². The van der Waals surface area contributed by atoms with E-state index in [2.05, 4.69) is 11.1 Å². The van der Waals surface area contributed by atoms with Crippen molar-refractivity contribution in [1.29, 1.82) is 0 Å². The molecule has 1 saturated heterocycles. The number of hydrogen-bond acceptors (Lipinski definition) is 2. The number of pyridine rings is 1. The minimum atomic E-state index is -4.46. The van der Waals surface area contributed by atoms with Crippen LogP contribution in [0.5, 0.6) is 0 Å². The number of carbonyl (C=O) groups is 1. The Morgan fingerprint density at radius 2 is 1.83 bits per heavy atom. The highest BCUT2D eigenvalue weighted by atomic mass is 19.4. The Labute approximate surface area is 171 Å². The van der Waals surface area contributed by atoms with Gasteiger partial charge in [0.2, 0.25) is 11.9 Å². The maximum Gasteiger partial charge on any atom is 0.417 e. The molecule has 7 heteroatoms. The van der Waals surface area contributed by atoms with Crippen LogP contribution >= 0.6 is 0 Å². The molecule has 0 N–H and O–H groups in total. The molecule has 0 spiro atoms. The molecule has 0 aliphatic carbocycles. The van der Waals surface area contributed by atoms with Crippen LogP contribution in [0.25, 0.3) is 11.1 Å². The maximum absolute atomic E-state index is 13.9. The third kappa shape index (κ3) is 3.92. The normalized spacial score (nSPS) is 17.3.